The first kappa shape index (κ1) is 15.7. The van der Waals surface area contributed by atoms with Crippen LogP contribution in [0.5, 0.6) is 5.75 Å². The molecule has 1 aromatic carbocycles. The molecule has 2 aliphatic rings. The van der Waals surface area contributed by atoms with Gasteiger partial charge in [0.2, 0.25) is 0 Å². The van der Waals surface area contributed by atoms with E-state index < -0.39 is 4.92 Å². The Balaban J connectivity index is 1.73. The van der Waals surface area contributed by atoms with Crippen LogP contribution in [0.1, 0.15) is 15.9 Å². The van der Waals surface area contributed by atoms with E-state index in [4.69, 9.17) is 9.47 Å². The molecule has 3 rings (SSSR count). The molecule has 1 amide bonds. The standard InChI is InChI=1S/C15H19N3O5/c1-16-10-11-13(23-9-6-17-4-7-22-8-5-17)3-2-12(18(20)21)14(11)15(16)19/h2-3H,4-10H2,1H3. The van der Waals surface area contributed by atoms with E-state index in [-0.39, 0.29) is 17.2 Å². The molecule has 0 aliphatic carbocycles. The summed E-state index contributed by atoms with van der Waals surface area (Å²) in [5, 5.41) is 11.1. The van der Waals surface area contributed by atoms with Gasteiger partial charge in [0.15, 0.2) is 0 Å². The molecule has 8 heteroatoms. The van der Waals surface area contributed by atoms with Crippen molar-refractivity contribution < 1.29 is 19.2 Å². The summed E-state index contributed by atoms with van der Waals surface area (Å²) in [4.78, 5) is 26.4. The van der Waals surface area contributed by atoms with E-state index in [1.807, 2.05) is 0 Å². The van der Waals surface area contributed by atoms with Crippen molar-refractivity contribution in [2.45, 2.75) is 6.54 Å². The quantitative estimate of drug-likeness (QED) is 0.591. The van der Waals surface area contributed by atoms with E-state index in [0.29, 0.717) is 24.5 Å². The number of nitrogens with zero attached hydrogens (tertiary/aromatic N) is 3. The zero-order valence-electron chi connectivity index (χ0n) is 13.0. The van der Waals surface area contributed by atoms with Crippen LogP contribution in [-0.4, -0.2) is 67.1 Å². The molecule has 8 nitrogen and oxygen atoms in total. The summed E-state index contributed by atoms with van der Waals surface area (Å²) in [5.41, 5.74) is 0.602. The maximum Gasteiger partial charge on any atom is 0.282 e. The molecule has 1 aromatic rings. The van der Waals surface area contributed by atoms with Crippen LogP contribution >= 0.6 is 0 Å². The van der Waals surface area contributed by atoms with Gasteiger partial charge in [-0.3, -0.25) is 19.8 Å². The second kappa shape index (κ2) is 6.51. The van der Waals surface area contributed by atoms with Crippen LogP contribution in [-0.2, 0) is 11.3 Å². The molecule has 1 fully saturated rings. The summed E-state index contributed by atoms with van der Waals surface area (Å²) < 4.78 is 11.1. The Morgan fingerprint density at radius 3 is 2.78 bits per heavy atom. The Hall–Kier alpha value is -2.19. The number of fused-ring (bicyclic) bond motifs is 1. The van der Waals surface area contributed by atoms with Crippen LogP contribution in [0.3, 0.4) is 0 Å². The van der Waals surface area contributed by atoms with Gasteiger partial charge in [0.25, 0.3) is 11.6 Å². The van der Waals surface area contributed by atoms with E-state index in [1.165, 1.54) is 11.0 Å². The van der Waals surface area contributed by atoms with E-state index in [2.05, 4.69) is 4.90 Å². The molecule has 124 valence electrons. The lowest BCUT2D eigenvalue weighted by atomic mass is 10.1. The Kier molecular flexibility index (Phi) is 4.44. The van der Waals surface area contributed by atoms with Crippen molar-refractivity contribution in [3.05, 3.63) is 33.4 Å². The summed E-state index contributed by atoms with van der Waals surface area (Å²) in [5.74, 6) is 0.224. The first-order chi connectivity index (χ1) is 11.1. The molecule has 0 unspecified atom stereocenters. The third-order valence-electron chi connectivity index (χ3n) is 4.17. The topological polar surface area (TPSA) is 85.2 Å². The summed E-state index contributed by atoms with van der Waals surface area (Å²) in [7, 11) is 1.63. The van der Waals surface area contributed by atoms with Crippen molar-refractivity contribution in [2.75, 3.05) is 46.5 Å². The van der Waals surface area contributed by atoms with Crippen molar-refractivity contribution in [3.8, 4) is 5.75 Å². The van der Waals surface area contributed by atoms with Gasteiger partial charge >= 0.3 is 0 Å². The number of nitro groups is 1. The highest BCUT2D eigenvalue weighted by Crippen LogP contribution is 2.36. The number of morpholine rings is 1. The van der Waals surface area contributed by atoms with Crippen LogP contribution in [0.4, 0.5) is 5.69 Å². The highest BCUT2D eigenvalue weighted by atomic mass is 16.6. The average molecular weight is 321 g/mol. The molecule has 0 atom stereocenters. The fourth-order valence-corrected chi connectivity index (χ4v) is 2.91. The first-order valence-corrected chi connectivity index (χ1v) is 7.56. The first-order valence-electron chi connectivity index (χ1n) is 7.56. The maximum atomic E-state index is 12.1. The lowest BCUT2D eigenvalue weighted by Crippen LogP contribution is -2.38. The average Bonchev–Trinajstić information content (AvgIpc) is 2.84. The number of carbonyl (C=O) groups is 1. The molecule has 0 radical (unpaired) electrons. The fraction of sp³-hybridized carbons (Fsp3) is 0.533. The monoisotopic (exact) mass is 321 g/mol. The lowest BCUT2D eigenvalue weighted by molar-refractivity contribution is -0.385. The highest BCUT2D eigenvalue weighted by Gasteiger charge is 2.35. The highest BCUT2D eigenvalue weighted by molar-refractivity contribution is 6.02. The second-order valence-corrected chi connectivity index (χ2v) is 5.66. The number of carbonyl (C=O) groups excluding carboxylic acids is 1. The van der Waals surface area contributed by atoms with Gasteiger partial charge in [-0.2, -0.15) is 0 Å². The van der Waals surface area contributed by atoms with Crippen LogP contribution in [0, 0.1) is 10.1 Å². The predicted octanol–water partition coefficient (Wildman–Crippen LogP) is 0.891. The number of benzene rings is 1. The molecule has 0 spiro atoms. The molecule has 0 bridgehead atoms. The third kappa shape index (κ3) is 3.13. The number of ether oxygens (including phenoxy) is 2. The Morgan fingerprint density at radius 1 is 1.35 bits per heavy atom. The van der Waals surface area contributed by atoms with Crippen LogP contribution in [0.15, 0.2) is 12.1 Å². The van der Waals surface area contributed by atoms with Gasteiger partial charge in [-0.05, 0) is 6.07 Å². The normalized spacial score (nSPS) is 18.1. The molecule has 1 saturated heterocycles. The lowest BCUT2D eigenvalue weighted by Gasteiger charge is -2.26. The fourth-order valence-electron chi connectivity index (χ4n) is 2.91. The molecular formula is C15H19N3O5. The van der Waals surface area contributed by atoms with Crippen LogP contribution < -0.4 is 4.74 Å². The van der Waals surface area contributed by atoms with E-state index in [9.17, 15) is 14.9 Å². The van der Waals surface area contributed by atoms with Gasteiger partial charge in [-0.15, -0.1) is 0 Å². The van der Waals surface area contributed by atoms with Gasteiger partial charge in [-0.25, -0.2) is 0 Å². The molecular weight excluding hydrogens is 302 g/mol. The summed E-state index contributed by atoms with van der Waals surface area (Å²) in [6, 6.07) is 2.93. The Morgan fingerprint density at radius 2 is 2.09 bits per heavy atom. The minimum atomic E-state index is -0.520. The van der Waals surface area contributed by atoms with Gasteiger partial charge in [0.1, 0.15) is 17.9 Å². The maximum absolute atomic E-state index is 12.1. The SMILES string of the molecule is CN1Cc2c(OCCN3CCOCC3)ccc([N+](=O)[O-])c2C1=O. The van der Waals surface area contributed by atoms with Crippen LogP contribution in [0.2, 0.25) is 0 Å². The molecule has 23 heavy (non-hydrogen) atoms. The van der Waals surface area contributed by atoms with E-state index in [1.54, 1.807) is 13.1 Å². The van der Waals surface area contributed by atoms with Crippen molar-refractivity contribution in [2.24, 2.45) is 0 Å². The Labute approximate surface area is 133 Å². The summed E-state index contributed by atoms with van der Waals surface area (Å²) in [6.45, 7) is 4.79. The minimum Gasteiger partial charge on any atom is -0.492 e. The third-order valence-corrected chi connectivity index (χ3v) is 4.17. The molecule has 2 heterocycles. The van der Waals surface area contributed by atoms with Gasteiger partial charge in [-0.1, -0.05) is 0 Å². The number of hydrogen-bond donors (Lipinski definition) is 0. The molecule has 0 saturated carbocycles. The number of rotatable bonds is 5. The van der Waals surface area contributed by atoms with Crippen LogP contribution in [0.25, 0.3) is 0 Å². The predicted molar refractivity (Wildman–Crippen MR) is 81.6 cm³/mol. The smallest absolute Gasteiger partial charge is 0.282 e. The van der Waals surface area contributed by atoms with Gasteiger partial charge < -0.3 is 14.4 Å². The van der Waals surface area contributed by atoms with Gasteiger partial charge in [0, 0.05) is 38.3 Å². The van der Waals surface area contributed by atoms with E-state index >= 15 is 0 Å². The van der Waals surface area contributed by atoms with Crippen molar-refractivity contribution in [1.82, 2.24) is 9.80 Å². The second-order valence-electron chi connectivity index (χ2n) is 5.66. The van der Waals surface area contributed by atoms with E-state index in [0.717, 1.165) is 32.8 Å². The van der Waals surface area contributed by atoms with Gasteiger partial charge in [0.05, 0.1) is 24.7 Å². The van der Waals surface area contributed by atoms with Crippen molar-refractivity contribution in [3.63, 3.8) is 0 Å². The zero-order valence-corrected chi connectivity index (χ0v) is 13.0. The largest absolute Gasteiger partial charge is 0.492 e. The molecule has 0 aromatic heterocycles. The van der Waals surface area contributed by atoms with Crippen molar-refractivity contribution in [1.29, 1.82) is 0 Å². The van der Waals surface area contributed by atoms with Crippen molar-refractivity contribution >= 4 is 11.6 Å². The summed E-state index contributed by atoms with van der Waals surface area (Å²) >= 11 is 0. The number of nitro benzene ring substituents is 1. The summed E-state index contributed by atoms with van der Waals surface area (Å²) in [6.07, 6.45) is 0. The molecule has 0 N–H and O–H groups in total. The number of amides is 1. The number of hydrogen-bond acceptors (Lipinski definition) is 6. The molecule has 2 aliphatic heterocycles. The Bertz CT molecular complexity index is 628. The minimum absolute atomic E-state index is 0.154. The zero-order chi connectivity index (χ0) is 16.4.